The molecule has 1 saturated heterocycles. The minimum Gasteiger partial charge on any atom is -0.460 e. The standard InChI is InChI=1S/C12H17BrN4O2/c1-2-14-12(18)17-5-3-10(4-6-17)19-11-15-7-9(13)8-16-11/h7-8,10H,2-6H2,1H3,(H,14,18). The van der Waals surface area contributed by atoms with Crippen molar-refractivity contribution in [1.82, 2.24) is 20.2 Å². The molecule has 1 aliphatic rings. The molecule has 0 aliphatic carbocycles. The highest BCUT2D eigenvalue weighted by molar-refractivity contribution is 9.10. The predicted molar refractivity (Wildman–Crippen MR) is 74.0 cm³/mol. The average molecular weight is 329 g/mol. The van der Waals surface area contributed by atoms with Crippen LogP contribution in [0.3, 0.4) is 0 Å². The maximum Gasteiger partial charge on any atom is 0.317 e. The van der Waals surface area contributed by atoms with Crippen LogP contribution in [-0.2, 0) is 0 Å². The topological polar surface area (TPSA) is 67.4 Å². The van der Waals surface area contributed by atoms with Gasteiger partial charge in [-0.3, -0.25) is 0 Å². The van der Waals surface area contributed by atoms with Crippen molar-refractivity contribution < 1.29 is 9.53 Å². The van der Waals surface area contributed by atoms with E-state index in [4.69, 9.17) is 4.74 Å². The lowest BCUT2D eigenvalue weighted by Crippen LogP contribution is -2.46. The highest BCUT2D eigenvalue weighted by Crippen LogP contribution is 2.16. The van der Waals surface area contributed by atoms with E-state index in [-0.39, 0.29) is 12.1 Å². The van der Waals surface area contributed by atoms with Crippen LogP contribution >= 0.6 is 15.9 Å². The summed E-state index contributed by atoms with van der Waals surface area (Å²) in [5.74, 6) is 0. The van der Waals surface area contributed by atoms with Crippen LogP contribution in [0.4, 0.5) is 4.79 Å². The van der Waals surface area contributed by atoms with E-state index in [1.165, 1.54) is 0 Å². The number of rotatable bonds is 3. The Bertz CT molecular complexity index is 418. The molecule has 1 fully saturated rings. The molecule has 2 rings (SSSR count). The molecule has 104 valence electrons. The quantitative estimate of drug-likeness (QED) is 0.918. The SMILES string of the molecule is CCNC(=O)N1CCC(Oc2ncc(Br)cn2)CC1. The van der Waals surface area contributed by atoms with Gasteiger partial charge in [-0.2, -0.15) is 0 Å². The first kappa shape index (κ1) is 14.0. The minimum atomic E-state index is 0.000779. The molecule has 2 heterocycles. The highest BCUT2D eigenvalue weighted by Gasteiger charge is 2.24. The lowest BCUT2D eigenvalue weighted by molar-refractivity contribution is 0.103. The van der Waals surface area contributed by atoms with Crippen molar-refractivity contribution in [3.8, 4) is 6.01 Å². The van der Waals surface area contributed by atoms with Gasteiger partial charge in [-0.15, -0.1) is 0 Å². The number of likely N-dealkylation sites (tertiary alicyclic amines) is 1. The van der Waals surface area contributed by atoms with E-state index in [1.807, 2.05) is 11.8 Å². The maximum atomic E-state index is 11.6. The summed E-state index contributed by atoms with van der Waals surface area (Å²) in [4.78, 5) is 21.6. The first-order valence-electron chi connectivity index (χ1n) is 6.36. The van der Waals surface area contributed by atoms with Gasteiger partial charge in [0.2, 0.25) is 0 Å². The molecule has 0 aromatic carbocycles. The third-order valence-electron chi connectivity index (χ3n) is 2.93. The van der Waals surface area contributed by atoms with Crippen molar-refractivity contribution >= 4 is 22.0 Å². The third kappa shape index (κ3) is 4.05. The number of hydrogen-bond donors (Lipinski definition) is 1. The molecule has 2 amide bonds. The molecule has 1 aromatic rings. The zero-order valence-electron chi connectivity index (χ0n) is 10.8. The zero-order chi connectivity index (χ0) is 13.7. The van der Waals surface area contributed by atoms with Crippen LogP contribution in [-0.4, -0.2) is 46.6 Å². The van der Waals surface area contributed by atoms with E-state index >= 15 is 0 Å². The lowest BCUT2D eigenvalue weighted by Gasteiger charge is -2.31. The van der Waals surface area contributed by atoms with E-state index < -0.39 is 0 Å². The van der Waals surface area contributed by atoms with Crippen molar-refractivity contribution in [3.63, 3.8) is 0 Å². The second-order valence-corrected chi connectivity index (χ2v) is 5.24. The summed E-state index contributed by atoms with van der Waals surface area (Å²) in [7, 11) is 0. The number of carbonyl (C=O) groups is 1. The molecule has 0 radical (unpaired) electrons. The van der Waals surface area contributed by atoms with Crippen molar-refractivity contribution in [2.24, 2.45) is 0 Å². The average Bonchev–Trinajstić information content (AvgIpc) is 2.42. The smallest absolute Gasteiger partial charge is 0.317 e. The highest BCUT2D eigenvalue weighted by atomic mass is 79.9. The predicted octanol–water partition coefficient (Wildman–Crippen LogP) is 1.81. The van der Waals surface area contributed by atoms with Gasteiger partial charge in [-0.25, -0.2) is 14.8 Å². The van der Waals surface area contributed by atoms with Crippen LogP contribution in [0.5, 0.6) is 6.01 Å². The normalized spacial score (nSPS) is 16.2. The number of carbonyl (C=O) groups excluding carboxylic acids is 1. The van der Waals surface area contributed by atoms with Gasteiger partial charge in [0.05, 0.1) is 4.47 Å². The van der Waals surface area contributed by atoms with Gasteiger partial charge < -0.3 is 15.0 Å². The van der Waals surface area contributed by atoms with E-state index in [0.29, 0.717) is 25.6 Å². The summed E-state index contributed by atoms with van der Waals surface area (Å²) in [5, 5.41) is 2.80. The Morgan fingerprint density at radius 1 is 1.47 bits per heavy atom. The van der Waals surface area contributed by atoms with E-state index in [2.05, 4.69) is 31.2 Å². The van der Waals surface area contributed by atoms with Crippen molar-refractivity contribution in [3.05, 3.63) is 16.9 Å². The molecule has 1 aliphatic heterocycles. The minimum absolute atomic E-state index is 0.000779. The maximum absolute atomic E-state index is 11.6. The van der Waals surface area contributed by atoms with Crippen LogP contribution in [0.2, 0.25) is 0 Å². The number of urea groups is 1. The molecule has 0 unspecified atom stereocenters. The van der Waals surface area contributed by atoms with Gasteiger partial charge in [0, 0.05) is 44.9 Å². The van der Waals surface area contributed by atoms with Crippen molar-refractivity contribution in [1.29, 1.82) is 0 Å². The molecular weight excluding hydrogens is 312 g/mol. The number of amides is 2. The summed E-state index contributed by atoms with van der Waals surface area (Å²) >= 11 is 3.28. The number of hydrogen-bond acceptors (Lipinski definition) is 4. The Morgan fingerprint density at radius 3 is 2.68 bits per heavy atom. The summed E-state index contributed by atoms with van der Waals surface area (Å²) < 4.78 is 6.52. The van der Waals surface area contributed by atoms with Gasteiger partial charge in [-0.05, 0) is 22.9 Å². The van der Waals surface area contributed by atoms with Gasteiger partial charge in [0.15, 0.2) is 0 Å². The monoisotopic (exact) mass is 328 g/mol. The van der Waals surface area contributed by atoms with Crippen LogP contribution in [0.1, 0.15) is 19.8 Å². The van der Waals surface area contributed by atoms with Crippen LogP contribution in [0, 0.1) is 0 Å². The number of piperidine rings is 1. The number of nitrogens with zero attached hydrogens (tertiary/aromatic N) is 3. The molecule has 1 N–H and O–H groups in total. The molecule has 0 atom stereocenters. The Balaban J connectivity index is 1.80. The first-order valence-corrected chi connectivity index (χ1v) is 7.15. The second-order valence-electron chi connectivity index (χ2n) is 4.32. The fourth-order valence-electron chi connectivity index (χ4n) is 1.95. The summed E-state index contributed by atoms with van der Waals surface area (Å²) in [5.41, 5.74) is 0. The molecule has 0 saturated carbocycles. The van der Waals surface area contributed by atoms with E-state index in [9.17, 15) is 4.79 Å². The Morgan fingerprint density at radius 2 is 2.11 bits per heavy atom. The molecule has 19 heavy (non-hydrogen) atoms. The molecule has 6 nitrogen and oxygen atoms in total. The molecule has 1 aromatic heterocycles. The van der Waals surface area contributed by atoms with Gasteiger partial charge in [0.25, 0.3) is 0 Å². The molecular formula is C12H17BrN4O2. The number of ether oxygens (including phenoxy) is 1. The number of halogens is 1. The van der Waals surface area contributed by atoms with Crippen LogP contribution in [0.25, 0.3) is 0 Å². The zero-order valence-corrected chi connectivity index (χ0v) is 12.4. The Hall–Kier alpha value is -1.37. The Kier molecular flexibility index (Phi) is 4.95. The summed E-state index contributed by atoms with van der Waals surface area (Å²) in [6.07, 6.45) is 5.00. The fourth-order valence-corrected chi connectivity index (χ4v) is 2.15. The summed E-state index contributed by atoms with van der Waals surface area (Å²) in [6, 6.07) is 0.389. The lowest BCUT2D eigenvalue weighted by atomic mass is 10.1. The third-order valence-corrected chi connectivity index (χ3v) is 3.34. The number of aromatic nitrogens is 2. The van der Waals surface area contributed by atoms with Gasteiger partial charge in [-0.1, -0.05) is 0 Å². The van der Waals surface area contributed by atoms with E-state index in [1.54, 1.807) is 12.4 Å². The fraction of sp³-hybridized carbons (Fsp3) is 0.583. The first-order chi connectivity index (χ1) is 9.19. The second kappa shape index (κ2) is 6.70. The molecule has 0 bridgehead atoms. The van der Waals surface area contributed by atoms with Crippen LogP contribution < -0.4 is 10.1 Å². The largest absolute Gasteiger partial charge is 0.460 e. The van der Waals surface area contributed by atoms with Gasteiger partial charge in [0.1, 0.15) is 6.10 Å². The van der Waals surface area contributed by atoms with Gasteiger partial charge >= 0.3 is 12.0 Å². The van der Waals surface area contributed by atoms with E-state index in [0.717, 1.165) is 17.3 Å². The van der Waals surface area contributed by atoms with Crippen molar-refractivity contribution in [2.45, 2.75) is 25.9 Å². The van der Waals surface area contributed by atoms with Crippen LogP contribution in [0.15, 0.2) is 16.9 Å². The Labute approximate surface area is 120 Å². The molecule has 0 spiro atoms. The van der Waals surface area contributed by atoms with Crippen molar-refractivity contribution in [2.75, 3.05) is 19.6 Å². The number of nitrogens with one attached hydrogen (secondary N) is 1. The summed E-state index contributed by atoms with van der Waals surface area (Å²) in [6.45, 7) is 3.97. The molecule has 7 heteroatoms.